The smallest absolute Gasteiger partial charge is 0.251 e. The Morgan fingerprint density at radius 3 is 2.50 bits per heavy atom. The highest BCUT2D eigenvalue weighted by atomic mass is 32.2. The van der Waals surface area contributed by atoms with Crippen molar-refractivity contribution in [2.75, 3.05) is 13.1 Å². The highest BCUT2D eigenvalue weighted by molar-refractivity contribution is 7.89. The Morgan fingerprint density at radius 2 is 1.92 bits per heavy atom. The Balaban J connectivity index is 2.26. The molecular formula is C17H22N2O3S2. The average molecular weight is 367 g/mol. The summed E-state index contributed by atoms with van der Waals surface area (Å²) < 4.78 is 26.9. The summed E-state index contributed by atoms with van der Waals surface area (Å²) in [6.45, 7) is 6.56. The van der Waals surface area contributed by atoms with E-state index in [4.69, 9.17) is 0 Å². The predicted octanol–water partition coefficient (Wildman–Crippen LogP) is 3.02. The number of nitrogens with one attached hydrogen (secondary N) is 1. The Morgan fingerprint density at radius 1 is 1.21 bits per heavy atom. The molecule has 2 rings (SSSR count). The van der Waals surface area contributed by atoms with E-state index in [1.807, 2.05) is 17.5 Å². The van der Waals surface area contributed by atoms with Crippen LogP contribution in [0.1, 0.15) is 34.6 Å². The van der Waals surface area contributed by atoms with Gasteiger partial charge in [-0.15, -0.1) is 11.3 Å². The van der Waals surface area contributed by atoms with E-state index < -0.39 is 10.0 Å². The summed E-state index contributed by atoms with van der Waals surface area (Å²) in [7, 11) is -3.59. The number of carbonyl (C=O) groups is 1. The molecule has 0 aliphatic rings. The van der Waals surface area contributed by atoms with Crippen LogP contribution < -0.4 is 5.32 Å². The third-order valence-electron chi connectivity index (χ3n) is 3.78. The Labute approximate surface area is 147 Å². The lowest BCUT2D eigenvalue weighted by Gasteiger charge is -2.20. The maximum Gasteiger partial charge on any atom is 0.251 e. The lowest BCUT2D eigenvalue weighted by atomic mass is 10.1. The molecule has 0 bridgehead atoms. The number of hydrogen-bond acceptors (Lipinski definition) is 4. The first kappa shape index (κ1) is 18.6. The second kappa shape index (κ2) is 7.92. The van der Waals surface area contributed by atoms with Crippen LogP contribution in [0.25, 0.3) is 0 Å². The number of nitrogens with zero attached hydrogens (tertiary/aromatic N) is 1. The van der Waals surface area contributed by atoms with Gasteiger partial charge in [0.25, 0.3) is 5.91 Å². The van der Waals surface area contributed by atoms with Gasteiger partial charge in [-0.1, -0.05) is 26.0 Å². The van der Waals surface area contributed by atoms with Crippen LogP contribution in [0.4, 0.5) is 0 Å². The van der Waals surface area contributed by atoms with Gasteiger partial charge in [0.2, 0.25) is 10.0 Å². The van der Waals surface area contributed by atoms with Gasteiger partial charge in [0.15, 0.2) is 0 Å². The topological polar surface area (TPSA) is 66.5 Å². The van der Waals surface area contributed by atoms with Crippen molar-refractivity contribution in [3.05, 3.63) is 51.7 Å². The zero-order chi connectivity index (χ0) is 17.7. The molecule has 2 aromatic rings. The molecule has 7 heteroatoms. The summed E-state index contributed by atoms with van der Waals surface area (Å²) in [6, 6.07) is 8.66. The minimum absolute atomic E-state index is 0.190. The van der Waals surface area contributed by atoms with Gasteiger partial charge in [0, 0.05) is 23.5 Å². The summed E-state index contributed by atoms with van der Waals surface area (Å²) in [5, 5.41) is 4.77. The fraction of sp³-hybridized carbons (Fsp3) is 0.353. The average Bonchev–Trinajstić information content (AvgIpc) is 3.07. The molecule has 0 spiro atoms. The van der Waals surface area contributed by atoms with Gasteiger partial charge in [0.1, 0.15) is 0 Å². The molecule has 5 nitrogen and oxygen atoms in total. The van der Waals surface area contributed by atoms with E-state index in [1.165, 1.54) is 10.4 Å². The maximum atomic E-state index is 12.7. The minimum Gasteiger partial charge on any atom is -0.347 e. The molecule has 0 fully saturated rings. The number of rotatable bonds is 7. The van der Waals surface area contributed by atoms with Crippen LogP contribution in [0.15, 0.2) is 40.6 Å². The van der Waals surface area contributed by atoms with Crippen molar-refractivity contribution < 1.29 is 13.2 Å². The summed E-state index contributed by atoms with van der Waals surface area (Å²) >= 11 is 1.56. The summed E-state index contributed by atoms with van der Waals surface area (Å²) in [6.07, 6.45) is 0. The van der Waals surface area contributed by atoms with E-state index in [0.717, 1.165) is 4.88 Å². The monoisotopic (exact) mass is 366 g/mol. The SMILES string of the molecule is CCN(CC)S(=O)(=O)c1cc(C(=O)NCc2cccs2)ccc1C. The van der Waals surface area contributed by atoms with Crippen molar-refractivity contribution in [2.24, 2.45) is 0 Å². The lowest BCUT2D eigenvalue weighted by molar-refractivity contribution is 0.0951. The fourth-order valence-corrected chi connectivity index (χ4v) is 4.76. The summed E-state index contributed by atoms with van der Waals surface area (Å²) in [4.78, 5) is 13.6. The molecule has 1 aromatic carbocycles. The molecule has 0 unspecified atom stereocenters. The second-order valence-corrected chi connectivity index (χ2v) is 8.27. The van der Waals surface area contributed by atoms with E-state index in [2.05, 4.69) is 5.32 Å². The number of thiophene rings is 1. The molecule has 1 N–H and O–H groups in total. The normalized spacial score (nSPS) is 11.7. The number of carbonyl (C=O) groups excluding carboxylic acids is 1. The zero-order valence-corrected chi connectivity index (χ0v) is 15.7. The first-order valence-electron chi connectivity index (χ1n) is 7.81. The number of aryl methyl sites for hydroxylation is 1. The third kappa shape index (κ3) is 4.03. The molecule has 0 aliphatic carbocycles. The number of benzene rings is 1. The molecule has 0 radical (unpaired) electrons. The maximum absolute atomic E-state index is 12.7. The Hall–Kier alpha value is -1.70. The van der Waals surface area contributed by atoms with Crippen molar-refractivity contribution in [3.8, 4) is 0 Å². The zero-order valence-electron chi connectivity index (χ0n) is 14.1. The Bertz CT molecular complexity index is 795. The van der Waals surface area contributed by atoms with Gasteiger partial charge in [-0.3, -0.25) is 4.79 Å². The molecule has 1 amide bonds. The van der Waals surface area contributed by atoms with Gasteiger partial charge >= 0.3 is 0 Å². The quantitative estimate of drug-likeness (QED) is 0.819. The third-order valence-corrected chi connectivity index (χ3v) is 6.85. The van der Waals surface area contributed by atoms with E-state index in [9.17, 15) is 13.2 Å². The van der Waals surface area contributed by atoms with Crippen LogP contribution in [-0.2, 0) is 16.6 Å². The highest BCUT2D eigenvalue weighted by Crippen LogP contribution is 2.21. The van der Waals surface area contributed by atoms with E-state index in [1.54, 1.807) is 44.2 Å². The van der Waals surface area contributed by atoms with Gasteiger partial charge in [-0.05, 0) is 36.1 Å². The largest absolute Gasteiger partial charge is 0.347 e. The van der Waals surface area contributed by atoms with E-state index in [0.29, 0.717) is 30.8 Å². The molecule has 24 heavy (non-hydrogen) atoms. The predicted molar refractivity (Wildman–Crippen MR) is 96.8 cm³/mol. The lowest BCUT2D eigenvalue weighted by Crippen LogP contribution is -2.31. The van der Waals surface area contributed by atoms with Crippen LogP contribution in [-0.4, -0.2) is 31.7 Å². The fourth-order valence-electron chi connectivity index (χ4n) is 2.40. The number of amides is 1. The van der Waals surface area contributed by atoms with Crippen LogP contribution in [0, 0.1) is 6.92 Å². The van der Waals surface area contributed by atoms with Gasteiger partial charge in [-0.25, -0.2) is 8.42 Å². The van der Waals surface area contributed by atoms with Crippen LogP contribution in [0.3, 0.4) is 0 Å². The van der Waals surface area contributed by atoms with E-state index in [-0.39, 0.29) is 10.8 Å². The molecule has 1 aromatic heterocycles. The van der Waals surface area contributed by atoms with Gasteiger partial charge in [0.05, 0.1) is 11.4 Å². The molecular weight excluding hydrogens is 344 g/mol. The van der Waals surface area contributed by atoms with Crippen molar-refractivity contribution in [1.29, 1.82) is 0 Å². The van der Waals surface area contributed by atoms with Crippen molar-refractivity contribution in [1.82, 2.24) is 9.62 Å². The Kier molecular flexibility index (Phi) is 6.15. The van der Waals surface area contributed by atoms with Crippen molar-refractivity contribution in [2.45, 2.75) is 32.2 Å². The minimum atomic E-state index is -3.59. The molecule has 0 aliphatic heterocycles. The van der Waals surface area contributed by atoms with Crippen LogP contribution in [0.2, 0.25) is 0 Å². The van der Waals surface area contributed by atoms with Crippen LogP contribution >= 0.6 is 11.3 Å². The van der Waals surface area contributed by atoms with Crippen molar-refractivity contribution in [3.63, 3.8) is 0 Å². The molecule has 0 saturated heterocycles. The van der Waals surface area contributed by atoms with Crippen LogP contribution in [0.5, 0.6) is 0 Å². The van der Waals surface area contributed by atoms with Gasteiger partial charge < -0.3 is 5.32 Å². The van der Waals surface area contributed by atoms with Crippen molar-refractivity contribution >= 4 is 27.3 Å². The molecule has 1 heterocycles. The first-order valence-corrected chi connectivity index (χ1v) is 10.1. The molecule has 0 atom stereocenters. The summed E-state index contributed by atoms with van der Waals surface area (Å²) in [5.41, 5.74) is 0.986. The standard InChI is InChI=1S/C17H22N2O3S2/c1-4-19(5-2)24(21,22)16-11-14(9-8-13(16)3)17(20)18-12-15-7-6-10-23-15/h6-11H,4-5,12H2,1-3H3,(H,18,20). The first-order chi connectivity index (χ1) is 11.4. The second-order valence-electron chi connectivity index (χ2n) is 5.33. The number of hydrogen-bond donors (Lipinski definition) is 1. The molecule has 0 saturated carbocycles. The number of sulfonamides is 1. The summed E-state index contributed by atoms with van der Waals surface area (Å²) in [5.74, 6) is -0.278. The molecule has 130 valence electrons. The highest BCUT2D eigenvalue weighted by Gasteiger charge is 2.24. The van der Waals surface area contributed by atoms with E-state index >= 15 is 0 Å². The van der Waals surface area contributed by atoms with Gasteiger partial charge in [-0.2, -0.15) is 4.31 Å².